The Hall–Kier alpha value is -3.10. The second-order valence-corrected chi connectivity index (χ2v) is 8.84. The Morgan fingerprint density at radius 2 is 1.09 bits per heavy atom. The fourth-order valence-corrected chi connectivity index (χ4v) is 4.22. The van der Waals surface area contributed by atoms with Gasteiger partial charge in [0.05, 0.1) is 22.6 Å². The highest BCUT2D eigenvalue weighted by Crippen LogP contribution is 2.15. The monoisotopic (exact) mass is 470 g/mol. The van der Waals surface area contributed by atoms with Gasteiger partial charge < -0.3 is 9.47 Å². The molecule has 3 rings (SSSR count). The van der Waals surface area contributed by atoms with E-state index >= 15 is 0 Å². The first-order chi connectivity index (χ1) is 15.5. The van der Waals surface area contributed by atoms with Crippen LogP contribution in [0.3, 0.4) is 0 Å². The molecule has 0 spiro atoms. The van der Waals surface area contributed by atoms with Crippen LogP contribution in [0.2, 0.25) is 0 Å². The molecule has 0 unspecified atom stereocenters. The Morgan fingerprint density at radius 3 is 1.50 bits per heavy atom. The maximum Gasteiger partial charge on any atom is 0.306 e. The maximum atomic E-state index is 11.9. The zero-order valence-electron chi connectivity index (χ0n) is 17.3. The molecule has 1 aromatic carbocycles. The Bertz CT molecular complexity index is 973. The molecule has 2 aromatic heterocycles. The summed E-state index contributed by atoms with van der Waals surface area (Å²) in [6.07, 6.45) is 0.283. The van der Waals surface area contributed by atoms with E-state index in [4.69, 9.17) is 9.47 Å². The molecule has 166 valence electrons. The maximum absolute atomic E-state index is 11.9. The molecule has 0 fully saturated rings. The minimum absolute atomic E-state index is 0.0260. The Labute approximate surface area is 193 Å². The summed E-state index contributed by atoms with van der Waals surface area (Å²) in [7, 11) is 0. The molecule has 0 aliphatic heterocycles. The SMILES string of the molecule is O=C(CCC(=O)c1cccs1)OCc1cccc(COC(=O)CCC(=O)c2cccs2)c1. The van der Waals surface area contributed by atoms with Gasteiger partial charge in [0.15, 0.2) is 11.6 Å². The number of hydrogen-bond acceptors (Lipinski definition) is 8. The Balaban J connectivity index is 1.37. The molecule has 0 aliphatic carbocycles. The third-order valence-electron chi connectivity index (χ3n) is 4.50. The topological polar surface area (TPSA) is 86.7 Å². The summed E-state index contributed by atoms with van der Waals surface area (Å²) in [5.41, 5.74) is 1.51. The van der Waals surface area contributed by atoms with E-state index in [9.17, 15) is 19.2 Å². The van der Waals surface area contributed by atoms with Crippen molar-refractivity contribution in [3.8, 4) is 0 Å². The number of rotatable bonds is 12. The Kier molecular flexibility index (Phi) is 8.89. The van der Waals surface area contributed by atoms with Gasteiger partial charge in [-0.3, -0.25) is 19.2 Å². The van der Waals surface area contributed by atoms with Crippen molar-refractivity contribution in [3.05, 3.63) is 80.2 Å². The van der Waals surface area contributed by atoms with Gasteiger partial charge in [-0.15, -0.1) is 22.7 Å². The quantitative estimate of drug-likeness (QED) is 0.266. The average molecular weight is 471 g/mol. The second-order valence-electron chi connectivity index (χ2n) is 6.94. The van der Waals surface area contributed by atoms with E-state index in [1.807, 2.05) is 10.8 Å². The van der Waals surface area contributed by atoms with E-state index in [1.54, 1.807) is 48.5 Å². The number of Topliss-reactive ketones (excluding diaryl/α,β-unsaturated/α-hetero) is 2. The van der Waals surface area contributed by atoms with Crippen molar-refractivity contribution in [2.24, 2.45) is 0 Å². The van der Waals surface area contributed by atoms with Gasteiger partial charge in [0.25, 0.3) is 0 Å². The van der Waals surface area contributed by atoms with Crippen LogP contribution in [0.1, 0.15) is 56.2 Å². The van der Waals surface area contributed by atoms with E-state index in [2.05, 4.69) is 0 Å². The molecule has 32 heavy (non-hydrogen) atoms. The van der Waals surface area contributed by atoms with Crippen LogP contribution in [-0.2, 0) is 32.3 Å². The van der Waals surface area contributed by atoms with Crippen molar-refractivity contribution < 1.29 is 28.7 Å². The summed E-state index contributed by atoms with van der Waals surface area (Å²) < 4.78 is 10.5. The summed E-state index contributed by atoms with van der Waals surface area (Å²) >= 11 is 2.70. The van der Waals surface area contributed by atoms with Crippen LogP contribution in [0.5, 0.6) is 0 Å². The third-order valence-corrected chi connectivity index (χ3v) is 6.32. The van der Waals surface area contributed by atoms with Crippen molar-refractivity contribution >= 4 is 46.2 Å². The lowest BCUT2D eigenvalue weighted by atomic mass is 10.1. The number of esters is 2. The summed E-state index contributed by atoms with van der Waals surface area (Å²) in [6, 6.07) is 14.2. The van der Waals surface area contributed by atoms with Crippen LogP contribution in [-0.4, -0.2) is 23.5 Å². The highest BCUT2D eigenvalue weighted by molar-refractivity contribution is 7.12. The standard InChI is InChI=1S/C24H22O6S2/c25-19(21-6-2-12-31-21)8-10-23(27)29-15-17-4-1-5-18(14-17)16-30-24(28)11-9-20(26)22-7-3-13-32-22/h1-7,12-14H,8-11,15-16H2. The van der Waals surface area contributed by atoms with E-state index < -0.39 is 11.9 Å². The molecule has 3 aromatic rings. The first-order valence-corrected chi connectivity index (χ1v) is 11.8. The summed E-state index contributed by atoms with van der Waals surface area (Å²) in [5, 5.41) is 3.64. The predicted molar refractivity (Wildman–Crippen MR) is 122 cm³/mol. The van der Waals surface area contributed by atoms with E-state index in [1.165, 1.54) is 22.7 Å². The number of ether oxygens (including phenoxy) is 2. The van der Waals surface area contributed by atoms with Gasteiger partial charge in [0.1, 0.15) is 13.2 Å². The fourth-order valence-electron chi connectivity index (χ4n) is 2.83. The molecule has 0 radical (unpaired) electrons. The lowest BCUT2D eigenvalue weighted by Gasteiger charge is -2.08. The minimum Gasteiger partial charge on any atom is -0.461 e. The Morgan fingerprint density at radius 1 is 0.625 bits per heavy atom. The number of thiophene rings is 2. The van der Waals surface area contributed by atoms with Gasteiger partial charge in [0.2, 0.25) is 0 Å². The van der Waals surface area contributed by atoms with E-state index in [0.29, 0.717) is 9.75 Å². The van der Waals surface area contributed by atoms with Crippen LogP contribution in [0.15, 0.2) is 59.3 Å². The van der Waals surface area contributed by atoms with E-state index in [0.717, 1.165) is 11.1 Å². The molecule has 0 amide bonds. The van der Waals surface area contributed by atoms with Crippen molar-refractivity contribution in [1.29, 1.82) is 0 Å². The van der Waals surface area contributed by atoms with Crippen LogP contribution < -0.4 is 0 Å². The number of carbonyl (C=O) groups is 4. The van der Waals surface area contributed by atoms with Crippen LogP contribution in [0.25, 0.3) is 0 Å². The van der Waals surface area contributed by atoms with Crippen molar-refractivity contribution in [1.82, 2.24) is 0 Å². The zero-order chi connectivity index (χ0) is 22.8. The molecule has 0 aliphatic rings. The van der Waals surface area contributed by atoms with Crippen LogP contribution in [0, 0.1) is 0 Å². The number of benzene rings is 1. The molecular weight excluding hydrogens is 448 g/mol. The smallest absolute Gasteiger partial charge is 0.306 e. The summed E-state index contributed by atoms with van der Waals surface area (Å²) in [6.45, 7) is 0.145. The molecule has 0 atom stereocenters. The van der Waals surface area contributed by atoms with Gasteiger partial charge >= 0.3 is 11.9 Å². The van der Waals surface area contributed by atoms with Crippen LogP contribution >= 0.6 is 22.7 Å². The van der Waals surface area contributed by atoms with Gasteiger partial charge in [0, 0.05) is 12.8 Å². The molecular formula is C24H22O6S2. The van der Waals surface area contributed by atoms with Gasteiger partial charge in [-0.25, -0.2) is 0 Å². The summed E-state index contributed by atoms with van der Waals surface area (Å²) in [5.74, 6) is -1.03. The highest BCUT2D eigenvalue weighted by Gasteiger charge is 2.13. The van der Waals surface area contributed by atoms with Crippen LogP contribution in [0.4, 0.5) is 0 Å². The average Bonchev–Trinajstić information content (AvgIpc) is 3.53. The minimum atomic E-state index is -0.442. The molecule has 0 N–H and O–H groups in total. The largest absolute Gasteiger partial charge is 0.461 e. The molecule has 6 nitrogen and oxygen atoms in total. The first-order valence-electron chi connectivity index (χ1n) is 10.0. The summed E-state index contributed by atoms with van der Waals surface area (Å²) in [4.78, 5) is 49.0. The molecule has 0 saturated carbocycles. The van der Waals surface area contributed by atoms with Gasteiger partial charge in [-0.2, -0.15) is 0 Å². The van der Waals surface area contributed by atoms with Crippen molar-refractivity contribution in [2.75, 3.05) is 0 Å². The predicted octanol–water partition coefficient (Wildman–Crippen LogP) is 5.22. The number of ketones is 2. The number of carbonyl (C=O) groups excluding carboxylic acids is 4. The van der Waals surface area contributed by atoms with E-state index in [-0.39, 0.29) is 50.5 Å². The van der Waals surface area contributed by atoms with Crippen molar-refractivity contribution in [3.63, 3.8) is 0 Å². The molecule has 8 heteroatoms. The lowest BCUT2D eigenvalue weighted by molar-refractivity contribution is -0.145. The fraction of sp³-hybridized carbons (Fsp3) is 0.250. The molecule has 0 bridgehead atoms. The van der Waals surface area contributed by atoms with Gasteiger partial charge in [-0.1, -0.05) is 30.3 Å². The van der Waals surface area contributed by atoms with Crippen molar-refractivity contribution in [2.45, 2.75) is 38.9 Å². The highest BCUT2D eigenvalue weighted by atomic mass is 32.1. The number of hydrogen-bond donors (Lipinski definition) is 0. The lowest BCUT2D eigenvalue weighted by Crippen LogP contribution is -2.09. The molecule has 2 heterocycles. The first kappa shape index (κ1) is 23.6. The third kappa shape index (κ3) is 7.55. The van der Waals surface area contributed by atoms with Gasteiger partial charge in [-0.05, 0) is 40.1 Å². The zero-order valence-corrected chi connectivity index (χ0v) is 18.9. The second kappa shape index (κ2) is 12.1. The normalized spacial score (nSPS) is 10.5. The molecule has 0 saturated heterocycles.